The molecule has 0 aliphatic heterocycles. The third-order valence-electron chi connectivity index (χ3n) is 2.55. The van der Waals surface area contributed by atoms with E-state index in [0.717, 1.165) is 21.0 Å². The fraction of sp³-hybridized carbons (Fsp3) is 0.333. The molecule has 134 valence electrons. The smallest absolute Gasteiger partial charge is 0.127 e. The first-order valence-corrected chi connectivity index (χ1v) is 9.57. The molecule has 0 bridgehead atoms. The average molecular weight is 369 g/mol. The highest BCUT2D eigenvalue weighted by atomic mass is 35.5. The van der Waals surface area contributed by atoms with E-state index in [9.17, 15) is 4.39 Å². The van der Waals surface area contributed by atoms with Crippen LogP contribution in [0, 0.1) is 12.7 Å². The van der Waals surface area contributed by atoms with Crippen molar-refractivity contribution in [2.45, 2.75) is 51.7 Å². The predicted octanol–water partition coefficient (Wildman–Crippen LogP) is 8.32. The van der Waals surface area contributed by atoms with Crippen LogP contribution in [0.15, 0.2) is 60.5 Å². The van der Waals surface area contributed by atoms with Gasteiger partial charge in [-0.05, 0) is 42.8 Å². The second-order valence-corrected chi connectivity index (χ2v) is 5.97. The molecular weight excluding hydrogens is 339 g/mol. The Hall–Kier alpha value is -1.25. The van der Waals surface area contributed by atoms with Crippen LogP contribution in [0.3, 0.4) is 0 Å². The topological polar surface area (TPSA) is 0 Å². The molecule has 0 aromatic heterocycles. The SMILES string of the molecule is C=C.CC.CCC.Cc1cccc(F)c1CSc1ccc(Cl)cc1. The van der Waals surface area contributed by atoms with Crippen molar-refractivity contribution in [3.05, 3.63) is 77.6 Å². The van der Waals surface area contributed by atoms with E-state index in [1.54, 1.807) is 17.8 Å². The van der Waals surface area contributed by atoms with Gasteiger partial charge in [-0.2, -0.15) is 0 Å². The molecule has 0 aliphatic carbocycles. The molecule has 0 aliphatic rings. The first-order chi connectivity index (χ1) is 11.6. The third kappa shape index (κ3) is 10.5. The molecule has 2 rings (SSSR count). The maximum absolute atomic E-state index is 13.6. The molecule has 0 heterocycles. The van der Waals surface area contributed by atoms with Crippen LogP contribution in [-0.2, 0) is 5.75 Å². The van der Waals surface area contributed by atoms with Crippen LogP contribution in [0.1, 0.15) is 45.2 Å². The molecule has 0 amide bonds. The van der Waals surface area contributed by atoms with E-state index >= 15 is 0 Å². The zero-order valence-electron chi connectivity index (χ0n) is 15.5. The Morgan fingerprint density at radius 1 is 1.00 bits per heavy atom. The van der Waals surface area contributed by atoms with E-state index < -0.39 is 0 Å². The summed E-state index contributed by atoms with van der Waals surface area (Å²) in [5.41, 5.74) is 1.76. The molecule has 0 radical (unpaired) electrons. The van der Waals surface area contributed by atoms with Gasteiger partial charge in [-0.1, -0.05) is 57.8 Å². The number of halogens is 2. The molecule has 0 N–H and O–H groups in total. The zero-order valence-corrected chi connectivity index (χ0v) is 17.1. The Balaban J connectivity index is 0. The van der Waals surface area contributed by atoms with Crippen molar-refractivity contribution in [1.29, 1.82) is 0 Å². The summed E-state index contributed by atoms with van der Waals surface area (Å²) < 4.78 is 13.6. The molecule has 0 atom stereocenters. The molecule has 0 unspecified atom stereocenters. The fourth-order valence-corrected chi connectivity index (χ4v) is 2.67. The summed E-state index contributed by atoms with van der Waals surface area (Å²) in [6, 6.07) is 12.8. The molecule has 24 heavy (non-hydrogen) atoms. The number of thioether (sulfide) groups is 1. The van der Waals surface area contributed by atoms with Crippen molar-refractivity contribution < 1.29 is 4.39 Å². The van der Waals surface area contributed by atoms with E-state index in [1.807, 2.05) is 51.1 Å². The highest BCUT2D eigenvalue weighted by molar-refractivity contribution is 7.98. The van der Waals surface area contributed by atoms with Crippen LogP contribution in [-0.4, -0.2) is 0 Å². The number of hydrogen-bond acceptors (Lipinski definition) is 1. The standard InChI is InChI=1S/C14H12ClFS.C3H8.C2H6.C2H4/c1-10-3-2-4-14(16)13(10)9-17-12-7-5-11(15)6-8-12;1-3-2;2*1-2/h2-8H,9H2,1H3;3H2,1-2H3;1-2H3;1-2H2. The molecule has 0 spiro atoms. The molecular formula is C21H30ClFS. The Kier molecular flexibility index (Phi) is 17.3. The molecule has 2 aromatic rings. The van der Waals surface area contributed by atoms with Crippen molar-refractivity contribution >= 4 is 23.4 Å². The zero-order chi connectivity index (χ0) is 19.0. The summed E-state index contributed by atoms with van der Waals surface area (Å²) in [6.45, 7) is 16.2. The van der Waals surface area contributed by atoms with Gasteiger partial charge in [0, 0.05) is 21.2 Å². The number of hydrogen-bond donors (Lipinski definition) is 0. The van der Waals surface area contributed by atoms with Crippen molar-refractivity contribution in [3.8, 4) is 0 Å². The van der Waals surface area contributed by atoms with Gasteiger partial charge in [-0.15, -0.1) is 24.9 Å². The minimum absolute atomic E-state index is 0.133. The lowest BCUT2D eigenvalue weighted by Crippen LogP contribution is -1.91. The minimum atomic E-state index is -0.133. The number of benzene rings is 2. The lowest BCUT2D eigenvalue weighted by molar-refractivity contribution is 0.615. The summed E-state index contributed by atoms with van der Waals surface area (Å²) >= 11 is 7.42. The second kappa shape index (κ2) is 16.6. The largest absolute Gasteiger partial charge is 0.207 e. The normalized spacial score (nSPS) is 8.62. The third-order valence-corrected chi connectivity index (χ3v) is 3.84. The van der Waals surface area contributed by atoms with E-state index in [0.29, 0.717) is 5.75 Å². The van der Waals surface area contributed by atoms with Gasteiger partial charge < -0.3 is 0 Å². The van der Waals surface area contributed by atoms with Crippen molar-refractivity contribution in [2.24, 2.45) is 0 Å². The molecule has 3 heteroatoms. The highest BCUT2D eigenvalue weighted by Gasteiger charge is 2.05. The molecule has 0 fully saturated rings. The van der Waals surface area contributed by atoms with Crippen molar-refractivity contribution in [2.75, 3.05) is 0 Å². The summed E-state index contributed by atoms with van der Waals surface area (Å²) in [7, 11) is 0. The van der Waals surface area contributed by atoms with Crippen molar-refractivity contribution in [3.63, 3.8) is 0 Å². The van der Waals surface area contributed by atoms with E-state index in [2.05, 4.69) is 27.0 Å². The monoisotopic (exact) mass is 368 g/mol. The summed E-state index contributed by atoms with van der Waals surface area (Å²) in [6.07, 6.45) is 1.25. The van der Waals surface area contributed by atoms with Crippen molar-refractivity contribution in [1.82, 2.24) is 0 Å². The number of aryl methyl sites for hydroxylation is 1. The van der Waals surface area contributed by atoms with Gasteiger partial charge in [-0.25, -0.2) is 4.39 Å². The van der Waals surface area contributed by atoms with Crippen LogP contribution >= 0.6 is 23.4 Å². The van der Waals surface area contributed by atoms with Gasteiger partial charge in [0.25, 0.3) is 0 Å². The minimum Gasteiger partial charge on any atom is -0.207 e. The summed E-state index contributed by atoms with van der Waals surface area (Å²) in [5, 5.41) is 0.719. The van der Waals surface area contributed by atoms with Crippen LogP contribution in [0.4, 0.5) is 4.39 Å². The van der Waals surface area contributed by atoms with Crippen LogP contribution in [0.25, 0.3) is 0 Å². The van der Waals surface area contributed by atoms with Crippen LogP contribution in [0.5, 0.6) is 0 Å². The van der Waals surface area contributed by atoms with Crippen LogP contribution in [0.2, 0.25) is 5.02 Å². The number of rotatable bonds is 3. The van der Waals surface area contributed by atoms with Gasteiger partial charge in [-0.3, -0.25) is 0 Å². The van der Waals surface area contributed by atoms with Gasteiger partial charge in [0.05, 0.1) is 0 Å². The molecule has 0 nitrogen and oxygen atoms in total. The molecule has 0 saturated heterocycles. The highest BCUT2D eigenvalue weighted by Crippen LogP contribution is 2.26. The Morgan fingerprint density at radius 2 is 1.50 bits per heavy atom. The Bertz CT molecular complexity index is 518. The van der Waals surface area contributed by atoms with Gasteiger partial charge in [0.1, 0.15) is 5.82 Å². The summed E-state index contributed by atoms with van der Waals surface area (Å²) in [5.74, 6) is 0.506. The first-order valence-electron chi connectivity index (χ1n) is 8.20. The van der Waals surface area contributed by atoms with Crippen LogP contribution < -0.4 is 0 Å². The quantitative estimate of drug-likeness (QED) is 0.387. The fourth-order valence-electron chi connectivity index (χ4n) is 1.54. The molecule has 2 aromatic carbocycles. The van der Waals surface area contributed by atoms with Gasteiger partial charge in [0.15, 0.2) is 0 Å². The van der Waals surface area contributed by atoms with Gasteiger partial charge in [0.2, 0.25) is 0 Å². The van der Waals surface area contributed by atoms with E-state index in [4.69, 9.17) is 11.6 Å². The predicted molar refractivity (Wildman–Crippen MR) is 111 cm³/mol. The Morgan fingerprint density at radius 3 is 1.96 bits per heavy atom. The van der Waals surface area contributed by atoms with Gasteiger partial charge >= 0.3 is 0 Å². The van der Waals surface area contributed by atoms with E-state index in [1.165, 1.54) is 12.5 Å². The lowest BCUT2D eigenvalue weighted by atomic mass is 10.1. The first kappa shape index (κ1) is 25.0. The summed E-state index contributed by atoms with van der Waals surface area (Å²) in [4.78, 5) is 1.09. The lowest BCUT2D eigenvalue weighted by Gasteiger charge is -2.07. The maximum atomic E-state index is 13.6. The maximum Gasteiger partial charge on any atom is 0.127 e. The average Bonchev–Trinajstić information content (AvgIpc) is 2.60. The van der Waals surface area contributed by atoms with E-state index in [-0.39, 0.29) is 5.82 Å². The molecule has 0 saturated carbocycles. The Labute approximate surface area is 157 Å². The second-order valence-electron chi connectivity index (χ2n) is 4.48.